The number of rotatable bonds is 4. The fraction of sp³-hybridized carbons (Fsp3) is 0.167. The van der Waals surface area contributed by atoms with E-state index in [2.05, 4.69) is 25.8 Å². The zero-order valence-electron chi connectivity index (χ0n) is 10.4. The van der Waals surface area contributed by atoms with Crippen molar-refractivity contribution in [2.24, 2.45) is 0 Å². The van der Waals surface area contributed by atoms with Crippen LogP contribution in [0.25, 0.3) is 0 Å². The smallest absolute Gasteiger partial charge is 0.389 e. The van der Waals surface area contributed by atoms with Crippen LogP contribution in [0.1, 0.15) is 15.9 Å². The minimum atomic E-state index is -0.550. The van der Waals surface area contributed by atoms with Crippen molar-refractivity contribution in [3.63, 3.8) is 0 Å². The van der Waals surface area contributed by atoms with E-state index in [4.69, 9.17) is 0 Å². The standard InChI is InChI=1S/C12H10BrN3O4/c1-20-12(17)8-2-3-9(10(13)6-8)7-15-5-4-11(14-15)16(18)19/h2-6H,7H2,1H3. The molecule has 1 heterocycles. The first-order valence-corrected chi connectivity index (χ1v) is 6.35. The number of aromatic nitrogens is 2. The molecule has 1 aromatic carbocycles. The topological polar surface area (TPSA) is 87.3 Å². The first-order valence-electron chi connectivity index (χ1n) is 5.56. The molecule has 8 heteroatoms. The number of hydrogen-bond acceptors (Lipinski definition) is 5. The number of ether oxygens (including phenoxy) is 1. The average molecular weight is 340 g/mol. The third-order valence-electron chi connectivity index (χ3n) is 2.62. The highest BCUT2D eigenvalue weighted by molar-refractivity contribution is 9.10. The molecule has 0 saturated heterocycles. The van der Waals surface area contributed by atoms with Crippen LogP contribution >= 0.6 is 15.9 Å². The lowest BCUT2D eigenvalue weighted by molar-refractivity contribution is -0.389. The molecule has 0 saturated carbocycles. The van der Waals surface area contributed by atoms with E-state index < -0.39 is 10.9 Å². The molecule has 7 nitrogen and oxygen atoms in total. The Hall–Kier alpha value is -2.22. The number of halogens is 1. The van der Waals surface area contributed by atoms with E-state index in [0.29, 0.717) is 16.6 Å². The molecule has 1 aromatic heterocycles. The maximum Gasteiger partial charge on any atom is 0.389 e. The van der Waals surface area contributed by atoms with Crippen LogP contribution in [0.5, 0.6) is 0 Å². The zero-order chi connectivity index (χ0) is 14.7. The van der Waals surface area contributed by atoms with Crippen LogP contribution in [0.2, 0.25) is 0 Å². The fourth-order valence-corrected chi connectivity index (χ4v) is 2.14. The van der Waals surface area contributed by atoms with Crippen molar-refractivity contribution in [1.82, 2.24) is 9.78 Å². The number of nitrogens with zero attached hydrogens (tertiary/aromatic N) is 3. The van der Waals surface area contributed by atoms with E-state index in [1.165, 1.54) is 24.1 Å². The van der Waals surface area contributed by atoms with Gasteiger partial charge in [-0.25, -0.2) is 4.79 Å². The third kappa shape index (κ3) is 3.02. The normalized spacial score (nSPS) is 10.3. The molecule has 0 aliphatic heterocycles. The summed E-state index contributed by atoms with van der Waals surface area (Å²) in [6.07, 6.45) is 1.53. The third-order valence-corrected chi connectivity index (χ3v) is 3.36. The summed E-state index contributed by atoms with van der Waals surface area (Å²) >= 11 is 3.36. The van der Waals surface area contributed by atoms with Crippen LogP contribution in [0.15, 0.2) is 34.9 Å². The van der Waals surface area contributed by atoms with Gasteiger partial charge in [-0.3, -0.25) is 0 Å². The van der Waals surface area contributed by atoms with Crippen LogP contribution < -0.4 is 0 Å². The molecule has 20 heavy (non-hydrogen) atoms. The van der Waals surface area contributed by atoms with Gasteiger partial charge in [0.05, 0.1) is 36.6 Å². The Morgan fingerprint density at radius 1 is 1.50 bits per heavy atom. The van der Waals surface area contributed by atoms with Crippen molar-refractivity contribution >= 4 is 27.7 Å². The van der Waals surface area contributed by atoms with Crippen molar-refractivity contribution in [3.05, 3.63) is 56.2 Å². The summed E-state index contributed by atoms with van der Waals surface area (Å²) < 4.78 is 6.79. The average Bonchev–Trinajstić information content (AvgIpc) is 2.89. The number of benzene rings is 1. The Kier molecular flexibility index (Phi) is 4.14. The monoisotopic (exact) mass is 339 g/mol. The Balaban J connectivity index is 2.21. The highest BCUT2D eigenvalue weighted by atomic mass is 79.9. The van der Waals surface area contributed by atoms with Gasteiger partial charge in [-0.2, -0.15) is 4.68 Å². The van der Waals surface area contributed by atoms with E-state index >= 15 is 0 Å². The van der Waals surface area contributed by atoms with Gasteiger partial charge in [0.1, 0.15) is 0 Å². The molecule has 0 radical (unpaired) electrons. The molecule has 0 aliphatic rings. The number of nitro groups is 1. The maximum absolute atomic E-state index is 11.4. The quantitative estimate of drug-likeness (QED) is 0.484. The van der Waals surface area contributed by atoms with Crippen molar-refractivity contribution in [1.29, 1.82) is 0 Å². The van der Waals surface area contributed by atoms with E-state index in [-0.39, 0.29) is 5.82 Å². The summed E-state index contributed by atoms with van der Waals surface area (Å²) in [4.78, 5) is 21.4. The molecule has 2 rings (SSSR count). The van der Waals surface area contributed by atoms with Gasteiger partial charge in [0.2, 0.25) is 0 Å². The number of carbonyl (C=O) groups excluding carboxylic acids is 1. The second kappa shape index (κ2) is 5.83. The van der Waals surface area contributed by atoms with Crippen LogP contribution in [-0.4, -0.2) is 27.8 Å². The summed E-state index contributed by atoms with van der Waals surface area (Å²) in [5.74, 6) is -0.626. The molecule has 0 bridgehead atoms. The molecule has 104 valence electrons. The molecular weight excluding hydrogens is 330 g/mol. The second-order valence-corrected chi connectivity index (χ2v) is 4.78. The number of methoxy groups -OCH3 is 1. The molecule has 0 aliphatic carbocycles. The predicted molar refractivity (Wildman–Crippen MR) is 73.5 cm³/mol. The van der Waals surface area contributed by atoms with Gasteiger partial charge < -0.3 is 14.9 Å². The molecule has 0 amide bonds. The van der Waals surface area contributed by atoms with E-state index in [1.54, 1.807) is 18.2 Å². The SMILES string of the molecule is COC(=O)c1ccc(Cn2ccc([N+](=O)[O-])n2)c(Br)c1. The lowest BCUT2D eigenvalue weighted by Crippen LogP contribution is -2.05. The van der Waals surface area contributed by atoms with Crippen LogP contribution in [0.3, 0.4) is 0 Å². The molecule has 0 N–H and O–H groups in total. The van der Waals surface area contributed by atoms with Crippen molar-refractivity contribution in [2.45, 2.75) is 6.54 Å². The summed E-state index contributed by atoms with van der Waals surface area (Å²) in [5, 5.41) is 14.4. The fourth-order valence-electron chi connectivity index (χ4n) is 1.63. The Labute approximate surface area is 122 Å². The molecule has 2 aromatic rings. The zero-order valence-corrected chi connectivity index (χ0v) is 12.0. The summed E-state index contributed by atoms with van der Waals surface area (Å²) in [7, 11) is 1.31. The lowest BCUT2D eigenvalue weighted by atomic mass is 10.1. The molecule has 0 atom stereocenters. The van der Waals surface area contributed by atoms with Gasteiger partial charge in [-0.15, -0.1) is 0 Å². The summed E-state index contributed by atoms with van der Waals surface area (Å²) in [6, 6.07) is 6.34. The first-order chi connectivity index (χ1) is 9.51. The molecule has 0 unspecified atom stereocenters. The van der Waals surface area contributed by atoms with Gasteiger partial charge in [0, 0.05) is 4.47 Å². The van der Waals surface area contributed by atoms with E-state index in [1.807, 2.05) is 0 Å². The maximum atomic E-state index is 11.4. The summed E-state index contributed by atoms with van der Waals surface area (Å²) in [6.45, 7) is 0.357. The minimum Gasteiger partial charge on any atom is -0.465 e. The van der Waals surface area contributed by atoms with Crippen LogP contribution in [0.4, 0.5) is 5.82 Å². The predicted octanol–water partition coefficient (Wildman–Crippen LogP) is 2.39. The number of carbonyl (C=O) groups is 1. The van der Waals surface area contributed by atoms with Gasteiger partial charge in [-0.1, -0.05) is 22.0 Å². The number of hydrogen-bond donors (Lipinski definition) is 0. The molecule has 0 spiro atoms. The minimum absolute atomic E-state index is 0.202. The lowest BCUT2D eigenvalue weighted by Gasteiger charge is -2.05. The molecule has 0 fully saturated rings. The second-order valence-electron chi connectivity index (χ2n) is 3.93. The molecular formula is C12H10BrN3O4. The van der Waals surface area contributed by atoms with Crippen molar-refractivity contribution < 1.29 is 14.5 Å². The van der Waals surface area contributed by atoms with Gasteiger partial charge in [0.25, 0.3) is 0 Å². The highest BCUT2D eigenvalue weighted by Gasteiger charge is 2.13. The van der Waals surface area contributed by atoms with Crippen molar-refractivity contribution in [2.75, 3.05) is 7.11 Å². The largest absolute Gasteiger partial charge is 0.465 e. The van der Waals surface area contributed by atoms with Gasteiger partial charge in [0.15, 0.2) is 0 Å². The van der Waals surface area contributed by atoms with E-state index in [9.17, 15) is 14.9 Å². The Morgan fingerprint density at radius 2 is 2.25 bits per heavy atom. The van der Waals surface area contributed by atoms with E-state index in [0.717, 1.165) is 5.56 Å². The number of esters is 1. The Bertz CT molecular complexity index is 668. The summed E-state index contributed by atoms with van der Waals surface area (Å²) in [5.41, 5.74) is 1.27. The first kappa shape index (κ1) is 14.2. The Morgan fingerprint density at radius 3 is 2.80 bits per heavy atom. The van der Waals surface area contributed by atoms with Crippen LogP contribution in [0, 0.1) is 10.1 Å². The highest BCUT2D eigenvalue weighted by Crippen LogP contribution is 2.20. The van der Waals surface area contributed by atoms with Gasteiger partial charge in [-0.05, 0) is 22.6 Å². The van der Waals surface area contributed by atoms with Crippen LogP contribution in [-0.2, 0) is 11.3 Å². The van der Waals surface area contributed by atoms with Crippen molar-refractivity contribution in [3.8, 4) is 0 Å². The van der Waals surface area contributed by atoms with Gasteiger partial charge >= 0.3 is 11.8 Å².